The number of nitrogens with zero attached hydrogens (tertiary/aromatic N) is 2. The highest BCUT2D eigenvalue weighted by Gasteiger charge is 2.46. The normalized spacial score (nSPS) is 20.0. The van der Waals surface area contributed by atoms with Crippen molar-refractivity contribution in [3.8, 4) is 23.0 Å². The molecule has 1 amide bonds. The van der Waals surface area contributed by atoms with Gasteiger partial charge in [-0.2, -0.15) is 0 Å². The molecule has 0 aliphatic carbocycles. The van der Waals surface area contributed by atoms with Crippen molar-refractivity contribution >= 4 is 17.4 Å². The molecule has 43 heavy (non-hydrogen) atoms. The van der Waals surface area contributed by atoms with E-state index in [1.54, 1.807) is 23.1 Å². The molecule has 5 rings (SSSR count). The Kier molecular flexibility index (Phi) is 10.4. The van der Waals surface area contributed by atoms with Crippen LogP contribution in [0.15, 0.2) is 42.0 Å². The molecule has 2 fully saturated rings. The average Bonchev–Trinajstić information content (AvgIpc) is 3.29. The van der Waals surface area contributed by atoms with Crippen LogP contribution in [0, 0.1) is 0 Å². The quantitative estimate of drug-likeness (QED) is 0.154. The molecule has 0 spiro atoms. The van der Waals surface area contributed by atoms with E-state index in [0.717, 1.165) is 38.9 Å². The van der Waals surface area contributed by atoms with Crippen LogP contribution < -0.4 is 18.9 Å². The van der Waals surface area contributed by atoms with Crippen molar-refractivity contribution < 1.29 is 38.4 Å². The molecule has 10 heteroatoms. The van der Waals surface area contributed by atoms with Crippen molar-refractivity contribution in [2.45, 2.75) is 45.6 Å². The first-order chi connectivity index (χ1) is 21.0. The molecule has 1 atom stereocenters. The molecular formula is C33H42N2O8. The van der Waals surface area contributed by atoms with Crippen molar-refractivity contribution in [3.05, 3.63) is 53.1 Å². The number of likely N-dealkylation sites (tertiary alicyclic amines) is 1. The Bertz CT molecular complexity index is 1320. The van der Waals surface area contributed by atoms with Gasteiger partial charge in [-0.25, -0.2) is 0 Å². The zero-order chi connectivity index (χ0) is 30.2. The van der Waals surface area contributed by atoms with E-state index in [0.29, 0.717) is 86.7 Å². The molecule has 3 aliphatic rings. The number of amides is 1. The first-order valence-corrected chi connectivity index (χ1v) is 15.4. The molecule has 0 aromatic heterocycles. The SMILES string of the molecule is CCCCCOc1ccc([C@@H]2/C(=C(\O)c3ccc4c(c3)OCCO4)C(=O)C(=O)N2CCCN2CCOCC2)cc1OCC. The van der Waals surface area contributed by atoms with Crippen LogP contribution in [0.3, 0.4) is 0 Å². The van der Waals surface area contributed by atoms with Crippen LogP contribution >= 0.6 is 0 Å². The standard InChI is InChI=1S/C33H42N2O8/c1-3-5-6-16-41-25-10-8-23(21-27(25)40-4-2)30-29(31(36)24-9-11-26-28(22-24)43-20-19-42-26)32(37)33(38)35(30)13-7-12-34-14-17-39-18-15-34/h8-11,21-22,30,36H,3-7,12-20H2,1-2H3/b31-29+/t30-/m1/s1. The van der Waals surface area contributed by atoms with Gasteiger partial charge in [-0.15, -0.1) is 0 Å². The lowest BCUT2D eigenvalue weighted by Crippen LogP contribution is -2.39. The second-order valence-electron chi connectivity index (χ2n) is 10.9. The van der Waals surface area contributed by atoms with Crippen molar-refractivity contribution in [2.75, 3.05) is 65.8 Å². The molecular weight excluding hydrogens is 552 g/mol. The third kappa shape index (κ3) is 7.08. The zero-order valence-corrected chi connectivity index (χ0v) is 25.1. The second-order valence-corrected chi connectivity index (χ2v) is 10.9. The summed E-state index contributed by atoms with van der Waals surface area (Å²) >= 11 is 0. The highest BCUT2D eigenvalue weighted by Crippen LogP contribution is 2.43. The highest BCUT2D eigenvalue weighted by atomic mass is 16.6. The molecule has 0 bridgehead atoms. The van der Waals surface area contributed by atoms with Crippen molar-refractivity contribution in [1.82, 2.24) is 9.80 Å². The van der Waals surface area contributed by atoms with E-state index >= 15 is 0 Å². The maximum absolute atomic E-state index is 13.6. The van der Waals surface area contributed by atoms with Crippen molar-refractivity contribution in [3.63, 3.8) is 0 Å². The van der Waals surface area contributed by atoms with E-state index in [1.165, 1.54) is 0 Å². The van der Waals surface area contributed by atoms with Crippen LogP contribution in [0.2, 0.25) is 0 Å². The zero-order valence-electron chi connectivity index (χ0n) is 25.1. The number of morpholine rings is 1. The third-order valence-electron chi connectivity index (χ3n) is 7.92. The van der Waals surface area contributed by atoms with Gasteiger partial charge >= 0.3 is 0 Å². The minimum Gasteiger partial charge on any atom is -0.507 e. The van der Waals surface area contributed by atoms with E-state index in [4.69, 9.17) is 23.7 Å². The van der Waals surface area contributed by atoms with E-state index in [2.05, 4.69) is 11.8 Å². The minimum atomic E-state index is -0.800. The van der Waals surface area contributed by atoms with Crippen LogP contribution in [0.4, 0.5) is 0 Å². The number of hydrogen-bond donors (Lipinski definition) is 1. The van der Waals surface area contributed by atoms with Gasteiger partial charge in [-0.3, -0.25) is 14.5 Å². The van der Waals surface area contributed by atoms with Crippen LogP contribution in [-0.2, 0) is 14.3 Å². The highest BCUT2D eigenvalue weighted by molar-refractivity contribution is 6.46. The summed E-state index contributed by atoms with van der Waals surface area (Å²) in [5, 5.41) is 11.6. The number of fused-ring (bicyclic) bond motifs is 1. The number of rotatable bonds is 13. The number of carbonyl (C=O) groups is 2. The summed E-state index contributed by atoms with van der Waals surface area (Å²) in [6.45, 7) is 10.0. The van der Waals surface area contributed by atoms with E-state index < -0.39 is 17.7 Å². The summed E-state index contributed by atoms with van der Waals surface area (Å²) in [6.07, 6.45) is 3.77. The molecule has 0 unspecified atom stereocenters. The smallest absolute Gasteiger partial charge is 0.295 e. The molecule has 1 N–H and O–H groups in total. The third-order valence-corrected chi connectivity index (χ3v) is 7.92. The van der Waals surface area contributed by atoms with E-state index in [-0.39, 0.29) is 11.3 Å². The summed E-state index contributed by atoms with van der Waals surface area (Å²) in [4.78, 5) is 31.0. The fourth-order valence-corrected chi connectivity index (χ4v) is 5.71. The van der Waals surface area contributed by atoms with Crippen LogP contribution in [0.5, 0.6) is 23.0 Å². The van der Waals surface area contributed by atoms with Crippen LogP contribution in [-0.4, -0.2) is 92.4 Å². The summed E-state index contributed by atoms with van der Waals surface area (Å²) in [7, 11) is 0. The molecule has 232 valence electrons. The monoisotopic (exact) mass is 594 g/mol. The molecule has 3 heterocycles. The van der Waals surface area contributed by atoms with Crippen LogP contribution in [0.25, 0.3) is 5.76 Å². The van der Waals surface area contributed by atoms with E-state index in [1.807, 2.05) is 25.1 Å². The number of aliphatic hydroxyl groups is 1. The van der Waals surface area contributed by atoms with Gasteiger partial charge in [0.1, 0.15) is 19.0 Å². The summed E-state index contributed by atoms with van der Waals surface area (Å²) < 4.78 is 28.8. The first-order valence-electron chi connectivity index (χ1n) is 15.4. The Labute approximate surface area is 253 Å². The van der Waals surface area contributed by atoms with Gasteiger partial charge in [0, 0.05) is 31.7 Å². The number of ether oxygens (including phenoxy) is 5. The van der Waals surface area contributed by atoms with E-state index in [9.17, 15) is 14.7 Å². The summed E-state index contributed by atoms with van der Waals surface area (Å²) in [5.41, 5.74) is 1.07. The Morgan fingerprint density at radius 1 is 0.884 bits per heavy atom. The van der Waals surface area contributed by atoms with Gasteiger partial charge in [0.25, 0.3) is 11.7 Å². The molecule has 3 aliphatic heterocycles. The average molecular weight is 595 g/mol. The maximum atomic E-state index is 13.6. The van der Waals surface area contributed by atoms with Crippen LogP contribution in [0.1, 0.15) is 56.7 Å². The van der Waals surface area contributed by atoms with Gasteiger partial charge < -0.3 is 33.7 Å². The molecule has 0 saturated carbocycles. The number of ketones is 1. The fraction of sp³-hybridized carbons (Fsp3) is 0.515. The Balaban J connectivity index is 1.50. The summed E-state index contributed by atoms with van der Waals surface area (Å²) in [5.74, 6) is 0.584. The maximum Gasteiger partial charge on any atom is 0.295 e. The van der Waals surface area contributed by atoms with Crippen molar-refractivity contribution in [2.24, 2.45) is 0 Å². The number of benzene rings is 2. The number of carbonyl (C=O) groups excluding carboxylic acids is 2. The minimum absolute atomic E-state index is 0.0344. The Morgan fingerprint density at radius 3 is 2.44 bits per heavy atom. The number of aliphatic hydroxyl groups excluding tert-OH is 1. The lowest BCUT2D eigenvalue weighted by atomic mass is 9.94. The lowest BCUT2D eigenvalue weighted by molar-refractivity contribution is -0.140. The Morgan fingerprint density at radius 2 is 1.67 bits per heavy atom. The molecule has 0 radical (unpaired) electrons. The largest absolute Gasteiger partial charge is 0.507 e. The number of Topliss-reactive ketones (excluding diaryl/α,β-unsaturated/α-hetero) is 1. The van der Waals surface area contributed by atoms with Gasteiger partial charge in [0.15, 0.2) is 23.0 Å². The molecule has 2 aromatic rings. The predicted octanol–water partition coefficient (Wildman–Crippen LogP) is 4.57. The summed E-state index contributed by atoms with van der Waals surface area (Å²) in [6, 6.07) is 9.71. The molecule has 2 saturated heterocycles. The number of unbranched alkanes of at least 4 members (excludes halogenated alkanes) is 2. The Hall–Kier alpha value is -3.76. The molecule has 10 nitrogen and oxygen atoms in total. The van der Waals surface area contributed by atoms with Crippen molar-refractivity contribution in [1.29, 1.82) is 0 Å². The fourth-order valence-electron chi connectivity index (χ4n) is 5.71. The first kappa shape index (κ1) is 30.7. The topological polar surface area (TPSA) is 107 Å². The molecule has 2 aromatic carbocycles. The number of hydrogen-bond acceptors (Lipinski definition) is 9. The van der Waals surface area contributed by atoms with Gasteiger partial charge in [0.05, 0.1) is 38.0 Å². The van der Waals surface area contributed by atoms with Gasteiger partial charge in [-0.05, 0) is 55.7 Å². The van der Waals surface area contributed by atoms with Gasteiger partial charge in [0.2, 0.25) is 0 Å². The lowest BCUT2D eigenvalue weighted by Gasteiger charge is -2.29. The predicted molar refractivity (Wildman–Crippen MR) is 161 cm³/mol. The second kappa shape index (κ2) is 14.6. The van der Waals surface area contributed by atoms with Gasteiger partial charge in [-0.1, -0.05) is 25.8 Å².